The van der Waals surface area contributed by atoms with Gasteiger partial charge < -0.3 is 5.11 Å². The number of aliphatic hydroxyl groups excluding tert-OH is 1. The summed E-state index contributed by atoms with van der Waals surface area (Å²) in [6, 6.07) is 10.5. The van der Waals surface area contributed by atoms with E-state index in [2.05, 4.69) is 9.97 Å². The minimum absolute atomic E-state index is 0.230. The number of rotatable bonds is 2. The van der Waals surface area contributed by atoms with E-state index in [1.807, 2.05) is 12.1 Å². The number of nitrogens with zero attached hydrogens (tertiary/aromatic N) is 2. The Labute approximate surface area is 113 Å². The Balaban J connectivity index is 2.02. The molecule has 1 N–H and O–H groups in total. The maximum Gasteiger partial charge on any atom is 0.159 e. The van der Waals surface area contributed by atoms with Crippen LogP contribution in [0.15, 0.2) is 48.7 Å². The van der Waals surface area contributed by atoms with E-state index in [9.17, 15) is 13.9 Å². The molecule has 0 aliphatic heterocycles. The van der Waals surface area contributed by atoms with Crippen molar-refractivity contribution in [3.63, 3.8) is 0 Å². The molecule has 1 unspecified atom stereocenters. The number of halogens is 2. The predicted octanol–water partition coefficient (Wildman–Crippen LogP) is 2.99. The zero-order chi connectivity index (χ0) is 14.1. The summed E-state index contributed by atoms with van der Waals surface area (Å²) in [6.45, 7) is 0. The first-order valence-electron chi connectivity index (χ1n) is 6.00. The summed E-state index contributed by atoms with van der Waals surface area (Å²) < 4.78 is 26.1. The van der Waals surface area contributed by atoms with Crippen LogP contribution in [0.2, 0.25) is 0 Å². The smallest absolute Gasteiger partial charge is 0.159 e. The number of aromatic nitrogens is 2. The number of benzene rings is 2. The van der Waals surface area contributed by atoms with Gasteiger partial charge in [-0.05, 0) is 29.8 Å². The van der Waals surface area contributed by atoms with Gasteiger partial charge in [0.05, 0.1) is 22.9 Å². The van der Waals surface area contributed by atoms with Crippen molar-refractivity contribution in [2.24, 2.45) is 0 Å². The highest BCUT2D eigenvalue weighted by Gasteiger charge is 2.15. The molecule has 3 aromatic rings. The summed E-state index contributed by atoms with van der Waals surface area (Å²) in [5.74, 6) is -1.96. The van der Waals surface area contributed by atoms with E-state index in [1.54, 1.807) is 12.1 Å². The fourth-order valence-corrected chi connectivity index (χ4v) is 1.96. The van der Waals surface area contributed by atoms with Crippen molar-refractivity contribution in [2.45, 2.75) is 6.10 Å². The number of para-hydroxylation sites is 2. The molecule has 3 rings (SSSR count). The highest BCUT2D eigenvalue weighted by atomic mass is 19.2. The van der Waals surface area contributed by atoms with Gasteiger partial charge in [0.25, 0.3) is 0 Å². The second-order valence-corrected chi connectivity index (χ2v) is 4.36. The van der Waals surface area contributed by atoms with Crippen molar-refractivity contribution in [2.75, 3.05) is 0 Å². The Hall–Kier alpha value is -2.40. The van der Waals surface area contributed by atoms with Gasteiger partial charge in [-0.3, -0.25) is 4.98 Å². The lowest BCUT2D eigenvalue weighted by molar-refractivity contribution is 0.214. The third-order valence-corrected chi connectivity index (χ3v) is 3.01. The molecule has 0 aliphatic rings. The summed E-state index contributed by atoms with van der Waals surface area (Å²) in [7, 11) is 0. The summed E-state index contributed by atoms with van der Waals surface area (Å²) >= 11 is 0. The lowest BCUT2D eigenvalue weighted by Crippen LogP contribution is -2.04. The number of hydrogen-bond donors (Lipinski definition) is 1. The number of hydrogen-bond acceptors (Lipinski definition) is 3. The second kappa shape index (κ2) is 4.94. The summed E-state index contributed by atoms with van der Waals surface area (Å²) in [4.78, 5) is 8.45. The highest BCUT2D eigenvalue weighted by molar-refractivity contribution is 5.73. The van der Waals surface area contributed by atoms with E-state index >= 15 is 0 Å². The van der Waals surface area contributed by atoms with Crippen LogP contribution in [-0.4, -0.2) is 15.1 Å². The van der Waals surface area contributed by atoms with Gasteiger partial charge in [-0.1, -0.05) is 18.2 Å². The van der Waals surface area contributed by atoms with Crippen molar-refractivity contribution in [1.82, 2.24) is 9.97 Å². The van der Waals surface area contributed by atoms with Crippen molar-refractivity contribution in [3.05, 3.63) is 71.6 Å². The van der Waals surface area contributed by atoms with E-state index < -0.39 is 17.7 Å². The molecule has 0 radical (unpaired) electrons. The average molecular weight is 272 g/mol. The van der Waals surface area contributed by atoms with Gasteiger partial charge >= 0.3 is 0 Å². The van der Waals surface area contributed by atoms with Crippen molar-refractivity contribution < 1.29 is 13.9 Å². The molecule has 0 saturated carbocycles. The van der Waals surface area contributed by atoms with Gasteiger partial charge in [0, 0.05) is 0 Å². The molecule has 0 fully saturated rings. The van der Waals surface area contributed by atoms with Crippen molar-refractivity contribution in [1.29, 1.82) is 0 Å². The lowest BCUT2D eigenvalue weighted by atomic mass is 10.1. The van der Waals surface area contributed by atoms with Crippen LogP contribution in [0, 0.1) is 11.6 Å². The van der Waals surface area contributed by atoms with E-state index in [0.717, 1.165) is 12.1 Å². The largest absolute Gasteiger partial charge is 0.382 e. The maximum absolute atomic E-state index is 13.2. The fraction of sp³-hybridized carbons (Fsp3) is 0.0667. The minimum Gasteiger partial charge on any atom is -0.382 e. The third kappa shape index (κ3) is 2.23. The molecular weight excluding hydrogens is 262 g/mol. The first-order valence-corrected chi connectivity index (χ1v) is 6.00. The van der Waals surface area contributed by atoms with Crippen LogP contribution in [0.5, 0.6) is 0 Å². The van der Waals surface area contributed by atoms with E-state index in [0.29, 0.717) is 11.0 Å². The molecule has 1 heterocycles. The molecule has 0 aliphatic carbocycles. The van der Waals surface area contributed by atoms with Crippen LogP contribution < -0.4 is 0 Å². The molecule has 1 atom stereocenters. The predicted molar refractivity (Wildman–Crippen MR) is 70.0 cm³/mol. The topological polar surface area (TPSA) is 46.0 Å². The van der Waals surface area contributed by atoms with Gasteiger partial charge in [-0.2, -0.15) is 0 Å². The number of aliphatic hydroxyl groups is 1. The summed E-state index contributed by atoms with van der Waals surface area (Å²) in [5, 5.41) is 10.2. The molecular formula is C15H10F2N2O. The molecule has 1 aromatic heterocycles. The Kier molecular flexibility index (Phi) is 3.12. The molecule has 3 nitrogen and oxygen atoms in total. The van der Waals surface area contributed by atoms with Crippen molar-refractivity contribution >= 4 is 11.0 Å². The molecule has 5 heteroatoms. The Bertz CT molecular complexity index is 777. The molecule has 0 spiro atoms. The van der Waals surface area contributed by atoms with Gasteiger partial charge in [0.2, 0.25) is 0 Å². The van der Waals surface area contributed by atoms with Gasteiger partial charge in [0.1, 0.15) is 6.10 Å². The zero-order valence-corrected chi connectivity index (χ0v) is 10.3. The van der Waals surface area contributed by atoms with Gasteiger partial charge in [-0.25, -0.2) is 13.8 Å². The van der Waals surface area contributed by atoms with E-state index in [-0.39, 0.29) is 11.3 Å². The molecule has 0 saturated heterocycles. The highest BCUT2D eigenvalue weighted by Crippen LogP contribution is 2.22. The quantitative estimate of drug-likeness (QED) is 0.780. The normalized spacial score (nSPS) is 12.6. The zero-order valence-electron chi connectivity index (χ0n) is 10.3. The molecule has 0 bridgehead atoms. The lowest BCUT2D eigenvalue weighted by Gasteiger charge is -2.11. The summed E-state index contributed by atoms with van der Waals surface area (Å²) in [5.41, 5.74) is 1.85. The monoisotopic (exact) mass is 272 g/mol. The first kappa shape index (κ1) is 12.6. The Morgan fingerprint density at radius 3 is 2.45 bits per heavy atom. The molecule has 100 valence electrons. The second-order valence-electron chi connectivity index (χ2n) is 4.36. The SMILES string of the molecule is OC(c1ccc(F)c(F)c1)c1cnc2ccccc2n1. The molecule has 2 aromatic carbocycles. The third-order valence-electron chi connectivity index (χ3n) is 3.01. The average Bonchev–Trinajstić information content (AvgIpc) is 2.49. The standard InChI is InChI=1S/C15H10F2N2O/c16-10-6-5-9(7-11(10)17)15(20)14-8-18-12-3-1-2-4-13(12)19-14/h1-8,15,20H. The van der Waals surface area contributed by atoms with E-state index in [4.69, 9.17) is 0 Å². The van der Waals surface area contributed by atoms with Gasteiger partial charge in [0.15, 0.2) is 11.6 Å². The van der Waals surface area contributed by atoms with Crippen LogP contribution >= 0.6 is 0 Å². The Morgan fingerprint density at radius 1 is 0.950 bits per heavy atom. The maximum atomic E-state index is 13.2. The molecule has 0 amide bonds. The van der Waals surface area contributed by atoms with Crippen LogP contribution in [0.3, 0.4) is 0 Å². The Morgan fingerprint density at radius 2 is 1.70 bits per heavy atom. The van der Waals surface area contributed by atoms with Crippen LogP contribution in [-0.2, 0) is 0 Å². The fourth-order valence-electron chi connectivity index (χ4n) is 1.96. The minimum atomic E-state index is -1.15. The van der Waals surface area contributed by atoms with Crippen LogP contribution in [0.25, 0.3) is 11.0 Å². The van der Waals surface area contributed by atoms with Crippen molar-refractivity contribution in [3.8, 4) is 0 Å². The van der Waals surface area contributed by atoms with Crippen LogP contribution in [0.4, 0.5) is 8.78 Å². The summed E-state index contributed by atoms with van der Waals surface area (Å²) in [6.07, 6.45) is 0.274. The molecule has 20 heavy (non-hydrogen) atoms. The van der Waals surface area contributed by atoms with E-state index in [1.165, 1.54) is 12.3 Å². The van der Waals surface area contributed by atoms with Gasteiger partial charge in [-0.15, -0.1) is 0 Å². The van der Waals surface area contributed by atoms with Crippen LogP contribution in [0.1, 0.15) is 17.4 Å². The first-order chi connectivity index (χ1) is 9.65. The number of fused-ring (bicyclic) bond motifs is 1.